The average molecular weight is 445 g/mol. The summed E-state index contributed by atoms with van der Waals surface area (Å²) in [7, 11) is 0. The van der Waals surface area contributed by atoms with Crippen LogP contribution < -0.4 is 26.6 Å². The van der Waals surface area contributed by atoms with Crippen molar-refractivity contribution in [2.75, 3.05) is 23.8 Å². The van der Waals surface area contributed by atoms with Gasteiger partial charge in [0.05, 0.1) is 0 Å². The number of carbonyl (C=O) groups excluding carboxylic acids is 2. The van der Waals surface area contributed by atoms with E-state index in [-0.39, 0.29) is 30.4 Å². The Bertz CT molecular complexity index is 1060. The Labute approximate surface area is 187 Å². The predicted octanol–water partition coefficient (Wildman–Crippen LogP) is 2.72. The number of nitrogen functional groups attached to an aromatic ring is 1. The van der Waals surface area contributed by atoms with E-state index in [1.807, 2.05) is 13.8 Å². The monoisotopic (exact) mass is 444 g/mol. The highest BCUT2D eigenvalue weighted by Crippen LogP contribution is 2.20. The fraction of sp³-hybridized carbons (Fsp3) is 0.478. The Morgan fingerprint density at radius 2 is 1.84 bits per heavy atom. The Morgan fingerprint density at radius 3 is 2.50 bits per heavy atom. The van der Waals surface area contributed by atoms with Gasteiger partial charge in [-0.15, -0.1) is 0 Å². The number of ether oxygens (including phenoxy) is 1. The van der Waals surface area contributed by atoms with Crippen LogP contribution in [0, 0.1) is 0 Å². The molecule has 3 N–H and O–H groups in total. The summed E-state index contributed by atoms with van der Waals surface area (Å²) in [6, 6.07) is 6.53. The minimum absolute atomic E-state index is 0.0318. The first-order valence-corrected chi connectivity index (χ1v) is 11.0. The number of ketones is 1. The van der Waals surface area contributed by atoms with E-state index in [4.69, 9.17) is 10.5 Å². The van der Waals surface area contributed by atoms with Crippen molar-refractivity contribution in [2.45, 2.75) is 59.4 Å². The van der Waals surface area contributed by atoms with Crippen molar-refractivity contribution in [3.63, 3.8) is 0 Å². The van der Waals surface area contributed by atoms with Crippen LogP contribution in [0.2, 0.25) is 0 Å². The maximum Gasteiger partial charge on any atom is 0.330 e. The molecule has 0 aliphatic heterocycles. The van der Waals surface area contributed by atoms with Crippen molar-refractivity contribution in [3.8, 4) is 5.75 Å². The van der Waals surface area contributed by atoms with Crippen LogP contribution in [-0.2, 0) is 11.3 Å². The summed E-state index contributed by atoms with van der Waals surface area (Å²) in [4.78, 5) is 53.1. The van der Waals surface area contributed by atoms with Crippen molar-refractivity contribution < 1.29 is 14.3 Å². The van der Waals surface area contributed by atoms with E-state index in [1.165, 1.54) is 16.4 Å². The molecule has 1 aromatic heterocycles. The second-order valence-corrected chi connectivity index (χ2v) is 7.62. The molecule has 0 unspecified atom stereocenters. The van der Waals surface area contributed by atoms with Gasteiger partial charge < -0.3 is 15.4 Å². The number of hydrogen-bond donors (Lipinski definition) is 2. The molecule has 1 heterocycles. The normalized spacial score (nSPS) is 10.7. The zero-order valence-electron chi connectivity index (χ0n) is 19.0. The molecule has 0 atom stereocenters. The van der Waals surface area contributed by atoms with Crippen LogP contribution in [-0.4, -0.2) is 34.4 Å². The number of nitrogens with one attached hydrogen (secondary N) is 1. The van der Waals surface area contributed by atoms with Crippen molar-refractivity contribution >= 4 is 23.2 Å². The molecular formula is C23H32N4O5. The van der Waals surface area contributed by atoms with Gasteiger partial charge in [0.15, 0.2) is 18.1 Å². The van der Waals surface area contributed by atoms with Crippen LogP contribution in [0.15, 0.2) is 33.9 Å². The number of aromatic amines is 1. The topological polar surface area (TPSA) is 127 Å². The third-order valence-corrected chi connectivity index (χ3v) is 5.11. The minimum atomic E-state index is -0.705. The molecule has 0 aliphatic carbocycles. The number of H-pyrrole nitrogens is 1. The molecule has 0 radical (unpaired) electrons. The summed E-state index contributed by atoms with van der Waals surface area (Å²) in [6.45, 7) is 5.72. The lowest BCUT2D eigenvalue weighted by Crippen LogP contribution is -2.43. The van der Waals surface area contributed by atoms with Crippen LogP contribution in [0.5, 0.6) is 5.75 Å². The van der Waals surface area contributed by atoms with Gasteiger partial charge in [-0.25, -0.2) is 4.79 Å². The lowest BCUT2D eigenvalue weighted by atomic mass is 10.1. The summed E-state index contributed by atoms with van der Waals surface area (Å²) in [5.41, 5.74) is 5.33. The first-order valence-electron chi connectivity index (χ1n) is 11.0. The fourth-order valence-electron chi connectivity index (χ4n) is 3.29. The third kappa shape index (κ3) is 6.32. The van der Waals surface area contributed by atoms with Gasteiger partial charge in [0.1, 0.15) is 11.6 Å². The maximum absolute atomic E-state index is 13.1. The van der Waals surface area contributed by atoms with Crippen molar-refractivity contribution in [1.29, 1.82) is 0 Å². The van der Waals surface area contributed by atoms with Crippen LogP contribution in [0.4, 0.5) is 11.5 Å². The number of rotatable bonds is 12. The number of hydrogen-bond acceptors (Lipinski definition) is 6. The van der Waals surface area contributed by atoms with Gasteiger partial charge in [-0.1, -0.05) is 45.2 Å². The van der Waals surface area contributed by atoms with E-state index in [1.54, 1.807) is 24.3 Å². The smallest absolute Gasteiger partial charge is 0.330 e. The molecular weight excluding hydrogens is 412 g/mol. The van der Waals surface area contributed by atoms with Gasteiger partial charge >= 0.3 is 5.69 Å². The van der Waals surface area contributed by atoms with Crippen LogP contribution in [0.3, 0.4) is 0 Å². The molecule has 2 aromatic rings. The van der Waals surface area contributed by atoms with Crippen LogP contribution in [0.1, 0.15) is 63.2 Å². The van der Waals surface area contributed by atoms with E-state index >= 15 is 0 Å². The summed E-state index contributed by atoms with van der Waals surface area (Å²) < 4.78 is 6.89. The number of aromatic nitrogens is 2. The number of nitrogens with zero attached hydrogens (tertiary/aromatic N) is 2. The number of unbranched alkanes of at least 4 members (excludes halogenated alkanes) is 3. The predicted molar refractivity (Wildman–Crippen MR) is 124 cm³/mol. The molecule has 2 rings (SSSR count). The van der Waals surface area contributed by atoms with E-state index in [2.05, 4.69) is 4.98 Å². The molecule has 0 fully saturated rings. The second-order valence-electron chi connectivity index (χ2n) is 7.62. The molecule has 1 amide bonds. The molecule has 9 heteroatoms. The fourth-order valence-corrected chi connectivity index (χ4v) is 3.29. The number of benzene rings is 1. The van der Waals surface area contributed by atoms with Gasteiger partial charge in [-0.05, 0) is 31.9 Å². The number of anilines is 2. The third-order valence-electron chi connectivity index (χ3n) is 5.11. The molecule has 0 bridgehead atoms. The standard InChI is InChI=1S/C23H32N4O5/c1-4-6-8-13-26(19(29)15-32-18-11-9-10-17(14-18)16(3)28)20-21(24)27(12-7-5-2)23(31)25-22(20)30/h9-11,14H,4-8,12-13,15,24H2,1-3H3,(H,25,30,31). The van der Waals surface area contributed by atoms with Crippen LogP contribution in [0.25, 0.3) is 0 Å². The molecule has 174 valence electrons. The zero-order valence-corrected chi connectivity index (χ0v) is 19.0. The first kappa shape index (κ1) is 24.9. The summed E-state index contributed by atoms with van der Waals surface area (Å²) >= 11 is 0. The lowest BCUT2D eigenvalue weighted by Gasteiger charge is -2.24. The molecule has 0 saturated heterocycles. The highest BCUT2D eigenvalue weighted by atomic mass is 16.5. The highest BCUT2D eigenvalue weighted by Gasteiger charge is 2.24. The van der Waals surface area contributed by atoms with Gasteiger partial charge in [0.2, 0.25) is 0 Å². The summed E-state index contributed by atoms with van der Waals surface area (Å²) in [6.07, 6.45) is 3.99. The molecule has 0 aliphatic rings. The van der Waals surface area contributed by atoms with Crippen LogP contribution >= 0.6 is 0 Å². The van der Waals surface area contributed by atoms with E-state index in [0.29, 0.717) is 30.7 Å². The van der Waals surface area contributed by atoms with E-state index in [0.717, 1.165) is 19.3 Å². The Morgan fingerprint density at radius 1 is 1.12 bits per heavy atom. The summed E-state index contributed by atoms with van der Waals surface area (Å²) in [5.74, 6) is -0.242. The molecule has 32 heavy (non-hydrogen) atoms. The van der Waals surface area contributed by atoms with E-state index < -0.39 is 17.2 Å². The number of Topliss-reactive ketones (excluding diaryl/α,β-unsaturated/α-hetero) is 1. The second kappa shape index (κ2) is 11.9. The summed E-state index contributed by atoms with van der Waals surface area (Å²) in [5, 5.41) is 0. The van der Waals surface area contributed by atoms with Crippen molar-refractivity contribution in [2.24, 2.45) is 0 Å². The van der Waals surface area contributed by atoms with Gasteiger partial charge in [0, 0.05) is 18.7 Å². The van der Waals surface area contributed by atoms with Crippen molar-refractivity contribution in [1.82, 2.24) is 9.55 Å². The first-order chi connectivity index (χ1) is 15.3. The van der Waals surface area contributed by atoms with Crippen molar-refractivity contribution in [3.05, 3.63) is 50.7 Å². The molecule has 0 saturated carbocycles. The minimum Gasteiger partial charge on any atom is -0.484 e. The molecule has 0 spiro atoms. The van der Waals surface area contributed by atoms with E-state index in [9.17, 15) is 19.2 Å². The lowest BCUT2D eigenvalue weighted by molar-refractivity contribution is -0.120. The highest BCUT2D eigenvalue weighted by molar-refractivity contribution is 5.97. The quantitative estimate of drug-likeness (QED) is 0.383. The van der Waals surface area contributed by atoms with Gasteiger partial charge in [0.25, 0.3) is 11.5 Å². The Kier molecular flexibility index (Phi) is 9.24. The van der Waals surface area contributed by atoms with Gasteiger partial charge in [-0.3, -0.25) is 23.9 Å². The maximum atomic E-state index is 13.1. The molecule has 1 aromatic carbocycles. The number of amides is 1. The Balaban J connectivity index is 2.34. The number of carbonyl (C=O) groups is 2. The number of nitrogens with two attached hydrogens (primary N) is 1. The Hall–Kier alpha value is -3.36. The van der Waals surface area contributed by atoms with Gasteiger partial charge in [-0.2, -0.15) is 0 Å². The largest absolute Gasteiger partial charge is 0.484 e. The SMILES string of the molecule is CCCCCN(C(=O)COc1cccc(C(C)=O)c1)c1c(N)n(CCCC)c(=O)[nH]c1=O. The zero-order chi connectivity index (χ0) is 23.7. The average Bonchev–Trinajstić information content (AvgIpc) is 2.76. The molecule has 9 nitrogen and oxygen atoms in total.